The minimum Gasteiger partial charge on any atom is -0.383 e. The fourth-order valence-corrected chi connectivity index (χ4v) is 2.53. The molecule has 1 rings (SSSR count). The fourth-order valence-electron chi connectivity index (χ4n) is 2.27. The van der Waals surface area contributed by atoms with Crippen LogP contribution in [-0.4, -0.2) is 38.3 Å². The lowest BCUT2D eigenvalue weighted by atomic mass is 10.0. The highest BCUT2D eigenvalue weighted by Gasteiger charge is 2.21. The van der Waals surface area contributed by atoms with Gasteiger partial charge in [0.2, 0.25) is 0 Å². The van der Waals surface area contributed by atoms with Gasteiger partial charge in [0.05, 0.1) is 6.61 Å². The summed E-state index contributed by atoms with van der Waals surface area (Å²) in [5, 5.41) is 0.782. The lowest BCUT2D eigenvalue weighted by molar-refractivity contribution is 0.112. The predicted octanol–water partition coefficient (Wildman–Crippen LogP) is 2.94. The Labute approximate surface area is 121 Å². The molecule has 1 atom stereocenters. The summed E-state index contributed by atoms with van der Waals surface area (Å²) >= 11 is 6.30. The highest BCUT2D eigenvalue weighted by atomic mass is 35.5. The lowest BCUT2D eigenvalue weighted by Crippen LogP contribution is -2.38. The first-order valence-corrected chi connectivity index (χ1v) is 7.15. The molecule has 0 radical (unpaired) electrons. The summed E-state index contributed by atoms with van der Waals surface area (Å²) in [5.74, 6) is 0.577. The maximum Gasteiger partial charge on any atom is 0.0589 e. The van der Waals surface area contributed by atoms with Gasteiger partial charge >= 0.3 is 0 Å². The molecule has 0 heterocycles. The van der Waals surface area contributed by atoms with E-state index in [9.17, 15) is 0 Å². The van der Waals surface area contributed by atoms with E-state index in [0.717, 1.165) is 23.7 Å². The van der Waals surface area contributed by atoms with Gasteiger partial charge in [-0.1, -0.05) is 43.6 Å². The number of ether oxygens (including phenoxy) is 1. The van der Waals surface area contributed by atoms with Gasteiger partial charge in [0.25, 0.3) is 0 Å². The molecule has 1 unspecified atom stereocenters. The van der Waals surface area contributed by atoms with Crippen molar-refractivity contribution in [3.05, 3.63) is 34.9 Å². The van der Waals surface area contributed by atoms with Crippen molar-refractivity contribution in [3.63, 3.8) is 0 Å². The Balaban J connectivity index is 2.91. The van der Waals surface area contributed by atoms with Crippen LogP contribution in [0, 0.1) is 5.92 Å². The van der Waals surface area contributed by atoms with Crippen molar-refractivity contribution >= 4 is 11.6 Å². The summed E-state index contributed by atoms with van der Waals surface area (Å²) < 4.78 is 5.20. The van der Waals surface area contributed by atoms with E-state index in [0.29, 0.717) is 19.1 Å². The standard InChI is InChI=1S/C15H25ClN2O/c1-12(2)11-18(8-9-19-3)15(10-17)13-6-4-5-7-14(13)16/h4-7,12,15H,8-11,17H2,1-3H3. The highest BCUT2D eigenvalue weighted by molar-refractivity contribution is 6.31. The van der Waals surface area contributed by atoms with Crippen LogP contribution in [0.2, 0.25) is 5.02 Å². The first-order chi connectivity index (χ1) is 9.10. The molecule has 0 spiro atoms. The maximum absolute atomic E-state index is 6.30. The number of halogens is 1. The van der Waals surface area contributed by atoms with Crippen molar-refractivity contribution in [2.45, 2.75) is 19.9 Å². The summed E-state index contributed by atoms with van der Waals surface area (Å²) in [7, 11) is 1.72. The average molecular weight is 285 g/mol. The van der Waals surface area contributed by atoms with E-state index < -0.39 is 0 Å². The number of hydrogen-bond donors (Lipinski definition) is 1. The summed E-state index contributed by atoms with van der Waals surface area (Å²) in [5.41, 5.74) is 7.08. The van der Waals surface area contributed by atoms with Gasteiger partial charge in [-0.15, -0.1) is 0 Å². The van der Waals surface area contributed by atoms with Crippen LogP contribution in [0.1, 0.15) is 25.5 Å². The van der Waals surface area contributed by atoms with Gasteiger partial charge < -0.3 is 10.5 Å². The Hall–Kier alpha value is -0.610. The number of methoxy groups -OCH3 is 1. The minimum atomic E-state index is 0.145. The van der Waals surface area contributed by atoms with Gasteiger partial charge in [-0.3, -0.25) is 4.90 Å². The molecule has 2 N–H and O–H groups in total. The van der Waals surface area contributed by atoms with Gasteiger partial charge in [-0.05, 0) is 17.5 Å². The number of hydrogen-bond acceptors (Lipinski definition) is 3. The molecule has 0 aliphatic rings. The lowest BCUT2D eigenvalue weighted by Gasteiger charge is -2.33. The van der Waals surface area contributed by atoms with E-state index in [1.54, 1.807) is 7.11 Å². The largest absolute Gasteiger partial charge is 0.383 e. The number of nitrogens with two attached hydrogens (primary N) is 1. The van der Waals surface area contributed by atoms with Crippen LogP contribution in [0.25, 0.3) is 0 Å². The Bertz CT molecular complexity index is 371. The molecular formula is C15H25ClN2O. The van der Waals surface area contributed by atoms with Crippen LogP contribution >= 0.6 is 11.6 Å². The molecule has 3 nitrogen and oxygen atoms in total. The SMILES string of the molecule is COCCN(CC(C)C)C(CN)c1ccccc1Cl. The third-order valence-corrected chi connectivity index (χ3v) is 3.45. The van der Waals surface area contributed by atoms with E-state index >= 15 is 0 Å². The van der Waals surface area contributed by atoms with Crippen molar-refractivity contribution in [3.8, 4) is 0 Å². The summed E-state index contributed by atoms with van der Waals surface area (Å²) in [6.45, 7) is 7.52. The third kappa shape index (κ3) is 5.11. The van der Waals surface area contributed by atoms with Gasteiger partial charge in [-0.25, -0.2) is 0 Å². The Morgan fingerprint density at radius 1 is 1.32 bits per heavy atom. The van der Waals surface area contributed by atoms with Gasteiger partial charge in [-0.2, -0.15) is 0 Å². The van der Waals surface area contributed by atoms with Crippen LogP contribution in [-0.2, 0) is 4.74 Å². The third-order valence-electron chi connectivity index (χ3n) is 3.11. The monoisotopic (exact) mass is 284 g/mol. The second-order valence-corrected chi connectivity index (χ2v) is 5.56. The molecule has 0 saturated heterocycles. The van der Waals surface area contributed by atoms with Gasteiger partial charge in [0.15, 0.2) is 0 Å². The molecule has 1 aromatic rings. The average Bonchev–Trinajstić information content (AvgIpc) is 2.38. The van der Waals surface area contributed by atoms with Crippen molar-refractivity contribution in [2.75, 3.05) is 33.4 Å². The molecule has 0 bridgehead atoms. The van der Waals surface area contributed by atoms with Crippen molar-refractivity contribution in [2.24, 2.45) is 11.7 Å². The molecule has 0 saturated carbocycles. The zero-order valence-corrected chi connectivity index (χ0v) is 12.9. The van der Waals surface area contributed by atoms with Gasteiger partial charge in [0.1, 0.15) is 0 Å². The molecular weight excluding hydrogens is 260 g/mol. The topological polar surface area (TPSA) is 38.5 Å². The first-order valence-electron chi connectivity index (χ1n) is 6.77. The Kier molecular flexibility index (Phi) is 7.39. The Morgan fingerprint density at radius 2 is 2.00 bits per heavy atom. The fraction of sp³-hybridized carbons (Fsp3) is 0.600. The molecule has 1 aromatic carbocycles. The van der Waals surface area contributed by atoms with Crippen LogP contribution in [0.3, 0.4) is 0 Å². The zero-order chi connectivity index (χ0) is 14.3. The first kappa shape index (κ1) is 16.4. The smallest absolute Gasteiger partial charge is 0.0589 e. The normalized spacial score (nSPS) is 13.2. The maximum atomic E-state index is 6.30. The number of benzene rings is 1. The van der Waals surface area contributed by atoms with E-state index in [4.69, 9.17) is 22.1 Å². The second kappa shape index (κ2) is 8.54. The molecule has 0 aliphatic carbocycles. The van der Waals surface area contributed by atoms with Crippen LogP contribution in [0.5, 0.6) is 0 Å². The summed E-state index contributed by atoms with van der Waals surface area (Å²) in [4.78, 5) is 2.36. The predicted molar refractivity (Wildman–Crippen MR) is 81.5 cm³/mol. The van der Waals surface area contributed by atoms with Crippen molar-refractivity contribution in [1.29, 1.82) is 0 Å². The van der Waals surface area contributed by atoms with Gasteiger partial charge in [0, 0.05) is 37.8 Å². The molecule has 0 amide bonds. The quantitative estimate of drug-likeness (QED) is 0.798. The van der Waals surface area contributed by atoms with E-state index in [1.807, 2.05) is 18.2 Å². The minimum absolute atomic E-state index is 0.145. The van der Waals surface area contributed by atoms with E-state index in [1.165, 1.54) is 0 Å². The molecule has 0 aliphatic heterocycles. The van der Waals surface area contributed by atoms with E-state index in [2.05, 4.69) is 24.8 Å². The molecule has 0 fully saturated rings. The molecule has 0 aromatic heterocycles. The molecule has 19 heavy (non-hydrogen) atoms. The highest BCUT2D eigenvalue weighted by Crippen LogP contribution is 2.27. The van der Waals surface area contributed by atoms with Crippen LogP contribution in [0.4, 0.5) is 0 Å². The van der Waals surface area contributed by atoms with Crippen molar-refractivity contribution < 1.29 is 4.74 Å². The molecule has 4 heteroatoms. The summed E-state index contributed by atoms with van der Waals surface area (Å²) in [6, 6.07) is 8.07. The second-order valence-electron chi connectivity index (χ2n) is 5.15. The van der Waals surface area contributed by atoms with Crippen LogP contribution < -0.4 is 5.73 Å². The Morgan fingerprint density at radius 3 is 2.53 bits per heavy atom. The zero-order valence-electron chi connectivity index (χ0n) is 12.1. The number of rotatable bonds is 8. The number of nitrogens with zero attached hydrogens (tertiary/aromatic N) is 1. The summed E-state index contributed by atoms with van der Waals surface area (Å²) in [6.07, 6.45) is 0. The van der Waals surface area contributed by atoms with Crippen molar-refractivity contribution in [1.82, 2.24) is 4.90 Å². The molecule has 108 valence electrons. The van der Waals surface area contributed by atoms with Crippen LogP contribution in [0.15, 0.2) is 24.3 Å². The van der Waals surface area contributed by atoms with E-state index in [-0.39, 0.29) is 6.04 Å².